The number of aromatic nitrogens is 3. The lowest BCUT2D eigenvalue weighted by Gasteiger charge is -2.07. The number of benzene rings is 2. The second-order valence-corrected chi connectivity index (χ2v) is 7.18. The summed E-state index contributed by atoms with van der Waals surface area (Å²) in [5.74, 6) is -0.0456. The van der Waals surface area contributed by atoms with E-state index < -0.39 is 5.91 Å². The molecule has 2 aromatic heterocycles. The molecule has 1 N–H and O–H groups in total. The van der Waals surface area contributed by atoms with Crippen LogP contribution in [0.1, 0.15) is 16.1 Å². The van der Waals surface area contributed by atoms with Crippen molar-refractivity contribution in [2.24, 2.45) is 0 Å². The Kier molecular flexibility index (Phi) is 5.09. The molecule has 8 heteroatoms. The van der Waals surface area contributed by atoms with E-state index in [0.717, 1.165) is 16.8 Å². The van der Waals surface area contributed by atoms with Crippen molar-refractivity contribution in [3.05, 3.63) is 77.2 Å². The SMILES string of the molecule is COc1ccc(C)cc1-c1csc(NC(=O)c2ccn(-c3cccc(F)c3)n2)n1. The first kappa shape index (κ1) is 18.8. The molecular weight excluding hydrogens is 391 g/mol. The maximum atomic E-state index is 13.4. The van der Waals surface area contributed by atoms with Crippen LogP contribution in [0.15, 0.2) is 60.1 Å². The summed E-state index contributed by atoms with van der Waals surface area (Å²) in [6.45, 7) is 1.99. The molecule has 6 nitrogen and oxygen atoms in total. The summed E-state index contributed by atoms with van der Waals surface area (Å²) in [5.41, 5.74) is 3.41. The average Bonchev–Trinajstić information content (AvgIpc) is 3.38. The second kappa shape index (κ2) is 7.84. The maximum Gasteiger partial charge on any atom is 0.277 e. The van der Waals surface area contributed by atoms with Crippen LogP contribution in [0.5, 0.6) is 5.75 Å². The summed E-state index contributed by atoms with van der Waals surface area (Å²) < 4.78 is 20.2. The van der Waals surface area contributed by atoms with Crippen LogP contribution in [0, 0.1) is 12.7 Å². The van der Waals surface area contributed by atoms with E-state index in [4.69, 9.17) is 4.74 Å². The monoisotopic (exact) mass is 408 g/mol. The van der Waals surface area contributed by atoms with Crippen LogP contribution in [0.2, 0.25) is 0 Å². The number of ether oxygens (including phenoxy) is 1. The molecule has 29 heavy (non-hydrogen) atoms. The molecule has 0 unspecified atom stereocenters. The molecule has 146 valence electrons. The van der Waals surface area contributed by atoms with Gasteiger partial charge in [0.05, 0.1) is 18.5 Å². The molecular formula is C21H17FN4O2S. The zero-order valence-electron chi connectivity index (χ0n) is 15.7. The number of carbonyl (C=O) groups excluding carboxylic acids is 1. The normalized spacial score (nSPS) is 10.7. The Labute approximate surface area is 170 Å². The van der Waals surface area contributed by atoms with E-state index in [9.17, 15) is 9.18 Å². The molecule has 0 bridgehead atoms. The van der Waals surface area contributed by atoms with Gasteiger partial charge in [-0.25, -0.2) is 14.1 Å². The first-order valence-corrected chi connectivity index (χ1v) is 9.65. The maximum absolute atomic E-state index is 13.4. The number of rotatable bonds is 5. The Balaban J connectivity index is 1.53. The number of nitrogens with zero attached hydrogens (tertiary/aromatic N) is 3. The van der Waals surface area contributed by atoms with Crippen LogP contribution >= 0.6 is 11.3 Å². The van der Waals surface area contributed by atoms with E-state index in [1.54, 1.807) is 31.5 Å². The third-order valence-corrected chi connectivity index (χ3v) is 5.01. The lowest BCUT2D eigenvalue weighted by molar-refractivity contribution is 0.102. The van der Waals surface area contributed by atoms with Crippen molar-refractivity contribution in [3.63, 3.8) is 0 Å². The van der Waals surface area contributed by atoms with Crippen molar-refractivity contribution in [2.75, 3.05) is 12.4 Å². The molecule has 4 aromatic rings. The number of hydrogen-bond acceptors (Lipinski definition) is 5. The predicted molar refractivity (Wildman–Crippen MR) is 110 cm³/mol. The van der Waals surface area contributed by atoms with Gasteiger partial charge in [0, 0.05) is 17.1 Å². The highest BCUT2D eigenvalue weighted by Gasteiger charge is 2.15. The highest BCUT2D eigenvalue weighted by Crippen LogP contribution is 2.33. The molecule has 1 amide bonds. The summed E-state index contributed by atoms with van der Waals surface area (Å²) in [6.07, 6.45) is 1.61. The number of amides is 1. The van der Waals surface area contributed by atoms with Gasteiger partial charge in [-0.15, -0.1) is 11.3 Å². The highest BCUT2D eigenvalue weighted by atomic mass is 32.1. The number of aryl methyl sites for hydroxylation is 1. The molecule has 0 atom stereocenters. The van der Waals surface area contributed by atoms with E-state index in [1.165, 1.54) is 28.2 Å². The van der Waals surface area contributed by atoms with Gasteiger partial charge in [0.25, 0.3) is 5.91 Å². The number of carbonyl (C=O) groups is 1. The van der Waals surface area contributed by atoms with Crippen LogP contribution in [-0.2, 0) is 0 Å². The Hall–Kier alpha value is -3.52. The van der Waals surface area contributed by atoms with Crippen LogP contribution in [0.25, 0.3) is 16.9 Å². The van der Waals surface area contributed by atoms with Crippen molar-refractivity contribution < 1.29 is 13.9 Å². The molecule has 0 radical (unpaired) electrons. The summed E-state index contributed by atoms with van der Waals surface area (Å²) in [7, 11) is 1.61. The Morgan fingerprint density at radius 1 is 1.21 bits per heavy atom. The average molecular weight is 408 g/mol. The molecule has 0 saturated carbocycles. The zero-order valence-corrected chi connectivity index (χ0v) is 16.5. The minimum Gasteiger partial charge on any atom is -0.496 e. The highest BCUT2D eigenvalue weighted by molar-refractivity contribution is 7.14. The van der Waals surface area contributed by atoms with Crippen molar-refractivity contribution in [1.82, 2.24) is 14.8 Å². The summed E-state index contributed by atoms with van der Waals surface area (Å²) in [5, 5.41) is 9.28. The molecule has 2 aromatic carbocycles. The van der Waals surface area contributed by atoms with Crippen LogP contribution in [-0.4, -0.2) is 27.8 Å². The molecule has 0 aliphatic carbocycles. The van der Waals surface area contributed by atoms with Crippen LogP contribution < -0.4 is 10.1 Å². The first-order chi connectivity index (χ1) is 14.0. The molecule has 0 aliphatic heterocycles. The second-order valence-electron chi connectivity index (χ2n) is 6.32. The van der Waals surface area contributed by atoms with Crippen molar-refractivity contribution in [1.29, 1.82) is 0 Å². The fourth-order valence-corrected chi connectivity index (χ4v) is 3.55. The van der Waals surface area contributed by atoms with Crippen molar-refractivity contribution >= 4 is 22.4 Å². The predicted octanol–water partition coefficient (Wildman–Crippen LogP) is 4.70. The minimum atomic E-state index is -0.391. The minimum absolute atomic E-state index is 0.208. The molecule has 0 fully saturated rings. The Morgan fingerprint density at radius 3 is 2.86 bits per heavy atom. The zero-order chi connectivity index (χ0) is 20.4. The first-order valence-electron chi connectivity index (χ1n) is 8.77. The van der Waals surface area contributed by atoms with Gasteiger partial charge in [0.2, 0.25) is 0 Å². The molecule has 2 heterocycles. The number of thiazole rings is 1. The third-order valence-electron chi connectivity index (χ3n) is 4.25. The van der Waals surface area contributed by atoms with E-state index in [0.29, 0.717) is 16.6 Å². The van der Waals surface area contributed by atoms with Gasteiger partial charge in [-0.2, -0.15) is 5.10 Å². The third kappa shape index (κ3) is 4.02. The lowest BCUT2D eigenvalue weighted by atomic mass is 10.1. The van der Waals surface area contributed by atoms with Crippen molar-refractivity contribution in [3.8, 4) is 22.7 Å². The lowest BCUT2D eigenvalue weighted by Crippen LogP contribution is -2.13. The Bertz CT molecular complexity index is 1180. The standard InChI is InChI=1S/C21H17FN4O2S/c1-13-6-7-19(28-2)16(10-13)18-12-29-21(23-18)24-20(27)17-8-9-26(25-17)15-5-3-4-14(22)11-15/h3-12H,1-2H3,(H,23,24,27). The van der Waals surface area contributed by atoms with Gasteiger partial charge in [0.15, 0.2) is 10.8 Å². The molecule has 0 spiro atoms. The van der Waals surface area contributed by atoms with E-state index in [-0.39, 0.29) is 11.5 Å². The number of hydrogen-bond donors (Lipinski definition) is 1. The summed E-state index contributed by atoms with van der Waals surface area (Å²) in [6, 6.07) is 13.4. The largest absolute Gasteiger partial charge is 0.496 e. The fraction of sp³-hybridized carbons (Fsp3) is 0.0952. The smallest absolute Gasteiger partial charge is 0.277 e. The van der Waals surface area contributed by atoms with Gasteiger partial charge in [-0.1, -0.05) is 17.7 Å². The number of nitrogens with one attached hydrogen (secondary N) is 1. The number of methoxy groups -OCH3 is 1. The van der Waals surface area contributed by atoms with Gasteiger partial charge in [-0.05, 0) is 43.3 Å². The molecule has 4 rings (SSSR count). The van der Waals surface area contributed by atoms with Crippen LogP contribution in [0.4, 0.5) is 9.52 Å². The number of anilines is 1. The van der Waals surface area contributed by atoms with Crippen molar-refractivity contribution in [2.45, 2.75) is 6.92 Å². The van der Waals surface area contributed by atoms with E-state index in [2.05, 4.69) is 15.4 Å². The van der Waals surface area contributed by atoms with Gasteiger partial charge in [-0.3, -0.25) is 10.1 Å². The quantitative estimate of drug-likeness (QED) is 0.520. The van der Waals surface area contributed by atoms with E-state index in [1.807, 2.05) is 30.5 Å². The molecule has 0 saturated heterocycles. The van der Waals surface area contributed by atoms with E-state index >= 15 is 0 Å². The van der Waals surface area contributed by atoms with Gasteiger partial charge in [0.1, 0.15) is 11.6 Å². The van der Waals surface area contributed by atoms with Gasteiger partial charge >= 0.3 is 0 Å². The van der Waals surface area contributed by atoms with Crippen LogP contribution in [0.3, 0.4) is 0 Å². The van der Waals surface area contributed by atoms with Gasteiger partial charge < -0.3 is 4.74 Å². The number of halogens is 1. The topological polar surface area (TPSA) is 69.0 Å². The summed E-state index contributed by atoms with van der Waals surface area (Å²) >= 11 is 1.31. The summed E-state index contributed by atoms with van der Waals surface area (Å²) in [4.78, 5) is 17.0. The Morgan fingerprint density at radius 2 is 2.07 bits per heavy atom. The molecule has 0 aliphatic rings. The fourth-order valence-electron chi connectivity index (χ4n) is 2.85.